The molecular formula is C28H54O6. The first-order valence-electron chi connectivity index (χ1n) is 13.7. The van der Waals surface area contributed by atoms with Gasteiger partial charge in [0.05, 0.1) is 0 Å². The van der Waals surface area contributed by atoms with Gasteiger partial charge in [0.15, 0.2) is 0 Å². The zero-order chi connectivity index (χ0) is 25.9. The van der Waals surface area contributed by atoms with Gasteiger partial charge >= 0.3 is 12.3 Å². The van der Waals surface area contributed by atoms with Gasteiger partial charge in [-0.2, -0.15) is 0 Å². The van der Waals surface area contributed by atoms with Crippen molar-refractivity contribution in [3.8, 4) is 0 Å². The highest BCUT2D eigenvalue weighted by molar-refractivity contribution is 5.61. The monoisotopic (exact) mass is 486 g/mol. The van der Waals surface area contributed by atoms with Gasteiger partial charge in [0.2, 0.25) is 0 Å². The summed E-state index contributed by atoms with van der Waals surface area (Å²) in [7, 11) is 0. The predicted octanol–water partition coefficient (Wildman–Crippen LogP) is 9.13. The molecule has 0 aromatic heterocycles. The van der Waals surface area contributed by atoms with Crippen LogP contribution >= 0.6 is 0 Å². The Hall–Kier alpha value is -1.46. The fraction of sp³-hybridized carbons (Fsp3) is 0.929. The van der Waals surface area contributed by atoms with E-state index < -0.39 is 29.6 Å². The molecule has 0 spiro atoms. The Morgan fingerprint density at radius 2 is 0.971 bits per heavy atom. The van der Waals surface area contributed by atoms with Crippen LogP contribution in [0.5, 0.6) is 0 Å². The highest BCUT2D eigenvalue weighted by Gasteiger charge is 2.24. The van der Waals surface area contributed by atoms with Crippen LogP contribution in [0.1, 0.15) is 145 Å². The van der Waals surface area contributed by atoms with Crippen molar-refractivity contribution in [1.82, 2.24) is 0 Å². The molecule has 0 fully saturated rings. The number of hydrogen-bond acceptors (Lipinski definition) is 6. The molecular weight excluding hydrogens is 432 g/mol. The molecule has 0 aromatic carbocycles. The highest BCUT2D eigenvalue weighted by atomic mass is 16.8. The summed E-state index contributed by atoms with van der Waals surface area (Å²) in [6.07, 6.45) is 16.6. The van der Waals surface area contributed by atoms with Gasteiger partial charge in [0.1, 0.15) is 23.9 Å². The summed E-state index contributed by atoms with van der Waals surface area (Å²) in [6, 6.07) is 0. The van der Waals surface area contributed by atoms with E-state index in [2.05, 4.69) is 6.92 Å². The van der Waals surface area contributed by atoms with Gasteiger partial charge in [-0.1, -0.05) is 90.4 Å². The first kappa shape index (κ1) is 32.5. The molecule has 0 aliphatic heterocycles. The Kier molecular flexibility index (Phi) is 18.0. The fourth-order valence-corrected chi connectivity index (χ4v) is 3.59. The molecule has 0 bridgehead atoms. The smallest absolute Gasteiger partial charge is 0.430 e. The maximum atomic E-state index is 12.1. The fourth-order valence-electron chi connectivity index (χ4n) is 3.59. The van der Waals surface area contributed by atoms with Crippen molar-refractivity contribution in [1.29, 1.82) is 0 Å². The molecule has 0 saturated heterocycles. The number of unbranched alkanes of at least 4 members (excludes halogenated alkanes) is 13. The Balaban J connectivity index is 4.06. The molecule has 6 heteroatoms. The summed E-state index contributed by atoms with van der Waals surface area (Å²) in [5.74, 6) is 0. The molecule has 0 aliphatic carbocycles. The van der Waals surface area contributed by atoms with Crippen LogP contribution in [-0.4, -0.2) is 36.2 Å². The third kappa shape index (κ3) is 23.7. The second-order valence-corrected chi connectivity index (χ2v) is 11.4. The molecule has 0 saturated carbocycles. The van der Waals surface area contributed by atoms with Crippen molar-refractivity contribution in [2.75, 3.05) is 6.61 Å². The molecule has 0 amide bonds. The minimum Gasteiger partial charge on any atom is -0.430 e. The molecule has 0 aromatic rings. The standard InChI is InChI=1S/C28H54O6/c1-8-9-10-11-12-13-14-15-16-17-18-19-20-21-22-24(32-26(30)34-28(5,6)7)23-31-25(29)33-27(2,3)4/h24H,8-23H2,1-7H3. The van der Waals surface area contributed by atoms with Crippen molar-refractivity contribution < 1.29 is 28.5 Å². The first-order chi connectivity index (χ1) is 15.9. The largest absolute Gasteiger partial charge is 0.509 e. The van der Waals surface area contributed by atoms with Gasteiger partial charge in [0, 0.05) is 0 Å². The van der Waals surface area contributed by atoms with Gasteiger partial charge in [-0.15, -0.1) is 0 Å². The maximum Gasteiger partial charge on any atom is 0.509 e. The second-order valence-electron chi connectivity index (χ2n) is 11.4. The molecule has 0 heterocycles. The topological polar surface area (TPSA) is 71.1 Å². The van der Waals surface area contributed by atoms with Crippen molar-refractivity contribution in [2.45, 2.75) is 162 Å². The summed E-state index contributed by atoms with van der Waals surface area (Å²) in [6.45, 7) is 12.9. The van der Waals surface area contributed by atoms with Crippen molar-refractivity contribution in [2.24, 2.45) is 0 Å². The number of rotatable bonds is 18. The lowest BCUT2D eigenvalue weighted by atomic mass is 10.0. The van der Waals surface area contributed by atoms with Gasteiger partial charge in [-0.05, 0) is 54.4 Å². The van der Waals surface area contributed by atoms with Crippen molar-refractivity contribution in [3.05, 3.63) is 0 Å². The van der Waals surface area contributed by atoms with Crippen LogP contribution < -0.4 is 0 Å². The lowest BCUT2D eigenvalue weighted by Gasteiger charge is -2.23. The molecule has 0 radical (unpaired) electrons. The summed E-state index contributed by atoms with van der Waals surface area (Å²) in [5, 5.41) is 0. The van der Waals surface area contributed by atoms with Crippen LogP contribution in [-0.2, 0) is 18.9 Å². The lowest BCUT2D eigenvalue weighted by Crippen LogP contribution is -2.31. The van der Waals surface area contributed by atoms with E-state index in [1.807, 2.05) is 0 Å². The number of hydrogen-bond donors (Lipinski definition) is 0. The zero-order valence-corrected chi connectivity index (χ0v) is 23.3. The zero-order valence-electron chi connectivity index (χ0n) is 23.3. The SMILES string of the molecule is CCCCCCCCCCCCCCCCC(COC(=O)OC(C)(C)C)OC(=O)OC(C)(C)C. The second kappa shape index (κ2) is 18.8. The number of carbonyl (C=O) groups excluding carboxylic acids is 2. The van der Waals surface area contributed by atoms with E-state index in [0.717, 1.165) is 12.8 Å². The van der Waals surface area contributed by atoms with Crippen molar-refractivity contribution in [3.63, 3.8) is 0 Å². The van der Waals surface area contributed by atoms with E-state index in [1.54, 1.807) is 41.5 Å². The van der Waals surface area contributed by atoms with E-state index in [0.29, 0.717) is 6.42 Å². The van der Waals surface area contributed by atoms with E-state index in [9.17, 15) is 9.59 Å². The van der Waals surface area contributed by atoms with Gasteiger partial charge in [-0.3, -0.25) is 0 Å². The summed E-state index contributed by atoms with van der Waals surface area (Å²) < 4.78 is 21.0. The Morgan fingerprint density at radius 1 is 0.588 bits per heavy atom. The Bertz CT molecular complexity index is 518. The van der Waals surface area contributed by atoms with Crippen LogP contribution in [0.25, 0.3) is 0 Å². The number of ether oxygens (including phenoxy) is 4. The Morgan fingerprint density at radius 3 is 1.38 bits per heavy atom. The quantitative estimate of drug-likeness (QED) is 0.142. The third-order valence-electron chi connectivity index (χ3n) is 5.31. The number of carbonyl (C=O) groups is 2. The summed E-state index contributed by atoms with van der Waals surface area (Å²) in [4.78, 5) is 23.9. The molecule has 34 heavy (non-hydrogen) atoms. The minimum absolute atomic E-state index is 0.0351. The Labute approximate surface area is 209 Å². The molecule has 0 N–H and O–H groups in total. The van der Waals surface area contributed by atoms with Crippen LogP contribution in [0, 0.1) is 0 Å². The summed E-state index contributed by atoms with van der Waals surface area (Å²) in [5.41, 5.74) is -1.27. The minimum atomic E-state index is -0.758. The summed E-state index contributed by atoms with van der Waals surface area (Å²) >= 11 is 0. The molecule has 202 valence electrons. The van der Waals surface area contributed by atoms with Crippen molar-refractivity contribution >= 4 is 12.3 Å². The molecule has 1 unspecified atom stereocenters. The highest BCUT2D eigenvalue weighted by Crippen LogP contribution is 2.17. The first-order valence-corrected chi connectivity index (χ1v) is 13.7. The molecule has 6 nitrogen and oxygen atoms in total. The van der Waals surface area contributed by atoms with E-state index in [-0.39, 0.29) is 6.61 Å². The lowest BCUT2D eigenvalue weighted by molar-refractivity contribution is -0.0575. The average Bonchev–Trinajstić information content (AvgIpc) is 2.69. The molecule has 1 atom stereocenters. The van der Waals surface area contributed by atoms with E-state index in [1.165, 1.54) is 77.0 Å². The van der Waals surface area contributed by atoms with Gasteiger partial charge in [-0.25, -0.2) is 9.59 Å². The van der Waals surface area contributed by atoms with E-state index in [4.69, 9.17) is 18.9 Å². The molecule has 0 rings (SSSR count). The van der Waals surface area contributed by atoms with Crippen LogP contribution in [0.2, 0.25) is 0 Å². The van der Waals surface area contributed by atoms with Gasteiger partial charge < -0.3 is 18.9 Å². The van der Waals surface area contributed by atoms with Crippen LogP contribution in [0.3, 0.4) is 0 Å². The molecule has 0 aliphatic rings. The van der Waals surface area contributed by atoms with Crippen LogP contribution in [0.4, 0.5) is 9.59 Å². The van der Waals surface area contributed by atoms with E-state index >= 15 is 0 Å². The van der Waals surface area contributed by atoms with Crippen LogP contribution in [0.15, 0.2) is 0 Å². The predicted molar refractivity (Wildman–Crippen MR) is 138 cm³/mol. The van der Waals surface area contributed by atoms with Gasteiger partial charge in [0.25, 0.3) is 0 Å². The average molecular weight is 487 g/mol. The third-order valence-corrected chi connectivity index (χ3v) is 5.31. The normalized spacial score (nSPS) is 12.8. The maximum absolute atomic E-state index is 12.1.